The second-order valence-corrected chi connectivity index (χ2v) is 3.77. The van der Waals surface area contributed by atoms with Crippen LogP contribution in [0.2, 0.25) is 0 Å². The Morgan fingerprint density at radius 2 is 2.06 bits per heavy atom. The van der Waals surface area contributed by atoms with Crippen molar-refractivity contribution < 1.29 is 22.3 Å². The maximum atomic E-state index is 12.9. The number of ether oxygens (including phenoxy) is 1. The summed E-state index contributed by atoms with van der Waals surface area (Å²) >= 11 is 0. The summed E-state index contributed by atoms with van der Waals surface area (Å²) in [6.07, 6.45) is -4.66. The van der Waals surface area contributed by atoms with E-state index in [-0.39, 0.29) is 5.75 Å². The van der Waals surface area contributed by atoms with Gasteiger partial charge in [0.05, 0.1) is 0 Å². The second-order valence-electron chi connectivity index (χ2n) is 3.77. The summed E-state index contributed by atoms with van der Waals surface area (Å²) in [5.41, 5.74) is 5.36. The largest absolute Gasteiger partial charge is 0.492 e. The van der Waals surface area contributed by atoms with E-state index in [0.29, 0.717) is 5.56 Å². The van der Waals surface area contributed by atoms with Crippen molar-refractivity contribution >= 4 is 5.84 Å². The fraction of sp³-hybridized carbons (Fsp3) is 0.364. The van der Waals surface area contributed by atoms with Crippen LogP contribution in [-0.4, -0.2) is 18.6 Å². The van der Waals surface area contributed by atoms with E-state index < -0.39 is 30.4 Å². The number of nitrogens with one attached hydrogen (secondary N) is 1. The first kappa shape index (κ1) is 14.3. The maximum Gasteiger partial charge on any atom is 0.401 e. The van der Waals surface area contributed by atoms with Crippen molar-refractivity contribution in [3.63, 3.8) is 0 Å². The standard InChI is InChI=1S/C11H12F4N2O/c1-6-2-3-7(12)4-9(6)18-5-8(10(16)17)11(13,14)15/h2-4,8H,5H2,1H3,(H3,16,17). The number of hydrogen-bond acceptors (Lipinski definition) is 2. The lowest BCUT2D eigenvalue weighted by molar-refractivity contribution is -0.162. The highest BCUT2D eigenvalue weighted by Gasteiger charge is 2.42. The van der Waals surface area contributed by atoms with Crippen LogP contribution in [0.5, 0.6) is 5.75 Å². The van der Waals surface area contributed by atoms with Gasteiger partial charge in [-0.05, 0) is 18.6 Å². The zero-order valence-corrected chi connectivity index (χ0v) is 9.51. The molecule has 1 rings (SSSR count). The molecule has 0 heterocycles. The molecule has 0 aromatic heterocycles. The Morgan fingerprint density at radius 3 is 2.56 bits per heavy atom. The van der Waals surface area contributed by atoms with Gasteiger partial charge in [0, 0.05) is 6.07 Å². The number of hydrogen-bond donors (Lipinski definition) is 2. The molecule has 18 heavy (non-hydrogen) atoms. The van der Waals surface area contributed by atoms with E-state index in [4.69, 9.17) is 15.9 Å². The van der Waals surface area contributed by atoms with E-state index >= 15 is 0 Å². The molecule has 0 fully saturated rings. The minimum absolute atomic E-state index is 0.00509. The van der Waals surface area contributed by atoms with E-state index in [1.807, 2.05) is 0 Å². The molecule has 0 saturated carbocycles. The van der Waals surface area contributed by atoms with E-state index in [2.05, 4.69) is 0 Å². The van der Waals surface area contributed by atoms with E-state index in [1.54, 1.807) is 6.92 Å². The highest BCUT2D eigenvalue weighted by Crippen LogP contribution is 2.28. The van der Waals surface area contributed by atoms with Crippen molar-refractivity contribution in [2.45, 2.75) is 13.1 Å². The highest BCUT2D eigenvalue weighted by molar-refractivity contribution is 5.80. The fourth-order valence-electron chi connectivity index (χ4n) is 1.26. The Labute approximate surface area is 101 Å². The van der Waals surface area contributed by atoms with Crippen LogP contribution in [0.25, 0.3) is 0 Å². The summed E-state index contributed by atoms with van der Waals surface area (Å²) in [7, 11) is 0. The first-order valence-electron chi connectivity index (χ1n) is 5.01. The van der Waals surface area contributed by atoms with Gasteiger partial charge in [0.25, 0.3) is 0 Å². The van der Waals surface area contributed by atoms with Gasteiger partial charge >= 0.3 is 6.18 Å². The van der Waals surface area contributed by atoms with Crippen LogP contribution >= 0.6 is 0 Å². The van der Waals surface area contributed by atoms with Crippen LogP contribution in [0.4, 0.5) is 17.6 Å². The summed E-state index contributed by atoms with van der Waals surface area (Å²) in [5, 5.41) is 6.87. The molecule has 100 valence electrons. The van der Waals surface area contributed by atoms with Gasteiger partial charge in [0.2, 0.25) is 0 Å². The molecular formula is C11H12F4N2O. The Kier molecular flexibility index (Phi) is 4.15. The molecule has 0 bridgehead atoms. The fourth-order valence-corrected chi connectivity index (χ4v) is 1.26. The molecule has 3 N–H and O–H groups in total. The van der Waals surface area contributed by atoms with Gasteiger partial charge < -0.3 is 10.5 Å². The van der Waals surface area contributed by atoms with Crippen LogP contribution in [0, 0.1) is 24.1 Å². The molecule has 1 atom stereocenters. The first-order valence-corrected chi connectivity index (χ1v) is 5.01. The number of rotatable bonds is 4. The Bertz CT molecular complexity index is 445. The molecule has 0 aliphatic heterocycles. The summed E-state index contributed by atoms with van der Waals surface area (Å²) < 4.78 is 55.2. The number of alkyl halides is 3. The van der Waals surface area contributed by atoms with Gasteiger partial charge in [-0.25, -0.2) is 4.39 Å². The monoisotopic (exact) mass is 264 g/mol. The third kappa shape index (κ3) is 3.61. The van der Waals surface area contributed by atoms with Gasteiger partial charge in [-0.15, -0.1) is 0 Å². The summed E-state index contributed by atoms with van der Waals surface area (Å²) in [6.45, 7) is 0.730. The summed E-state index contributed by atoms with van der Waals surface area (Å²) in [6, 6.07) is 3.55. The molecule has 0 radical (unpaired) electrons. The Balaban J connectivity index is 2.79. The SMILES string of the molecule is Cc1ccc(F)cc1OCC(C(=N)N)C(F)(F)F. The predicted octanol–water partition coefficient (Wildman–Crippen LogP) is 2.63. The van der Waals surface area contributed by atoms with Crippen LogP contribution in [0.3, 0.4) is 0 Å². The van der Waals surface area contributed by atoms with E-state index in [1.165, 1.54) is 12.1 Å². The molecular weight excluding hydrogens is 252 g/mol. The predicted molar refractivity (Wildman–Crippen MR) is 58.1 cm³/mol. The van der Waals surface area contributed by atoms with Crippen LogP contribution in [0.1, 0.15) is 5.56 Å². The molecule has 1 unspecified atom stereocenters. The highest BCUT2D eigenvalue weighted by atomic mass is 19.4. The molecule has 1 aromatic carbocycles. The Morgan fingerprint density at radius 1 is 1.44 bits per heavy atom. The van der Waals surface area contributed by atoms with Gasteiger partial charge in [0.1, 0.15) is 29.9 Å². The van der Waals surface area contributed by atoms with Crippen LogP contribution in [0.15, 0.2) is 18.2 Å². The molecule has 0 amide bonds. The quantitative estimate of drug-likeness (QED) is 0.499. The van der Waals surface area contributed by atoms with Gasteiger partial charge in [-0.1, -0.05) is 6.07 Å². The third-order valence-electron chi connectivity index (χ3n) is 2.33. The van der Waals surface area contributed by atoms with Crippen molar-refractivity contribution in [3.05, 3.63) is 29.6 Å². The number of amidine groups is 1. The number of nitrogens with two attached hydrogens (primary N) is 1. The van der Waals surface area contributed by atoms with Crippen LogP contribution < -0.4 is 10.5 Å². The topological polar surface area (TPSA) is 59.1 Å². The lowest BCUT2D eigenvalue weighted by Crippen LogP contribution is -2.39. The van der Waals surface area contributed by atoms with Crippen molar-refractivity contribution in [2.24, 2.45) is 11.7 Å². The van der Waals surface area contributed by atoms with E-state index in [0.717, 1.165) is 6.07 Å². The average Bonchev–Trinajstić information content (AvgIpc) is 2.20. The van der Waals surface area contributed by atoms with E-state index in [9.17, 15) is 17.6 Å². The lowest BCUT2D eigenvalue weighted by atomic mass is 10.1. The van der Waals surface area contributed by atoms with Crippen molar-refractivity contribution in [1.82, 2.24) is 0 Å². The summed E-state index contributed by atoms with van der Waals surface area (Å²) in [4.78, 5) is 0. The maximum absolute atomic E-state index is 12.9. The molecule has 0 saturated heterocycles. The molecule has 3 nitrogen and oxygen atoms in total. The molecule has 0 aliphatic carbocycles. The number of benzene rings is 1. The Hall–Kier alpha value is -1.79. The zero-order chi connectivity index (χ0) is 13.9. The smallest absolute Gasteiger partial charge is 0.401 e. The van der Waals surface area contributed by atoms with Gasteiger partial charge in [-0.3, -0.25) is 5.41 Å². The number of halogens is 4. The molecule has 7 heteroatoms. The zero-order valence-electron chi connectivity index (χ0n) is 9.51. The molecule has 0 aliphatic rings. The van der Waals surface area contributed by atoms with Crippen molar-refractivity contribution in [3.8, 4) is 5.75 Å². The second kappa shape index (κ2) is 5.24. The van der Waals surface area contributed by atoms with Crippen LogP contribution in [-0.2, 0) is 0 Å². The van der Waals surface area contributed by atoms with Gasteiger partial charge in [-0.2, -0.15) is 13.2 Å². The average molecular weight is 264 g/mol. The third-order valence-corrected chi connectivity index (χ3v) is 2.33. The van der Waals surface area contributed by atoms with Crippen molar-refractivity contribution in [2.75, 3.05) is 6.61 Å². The van der Waals surface area contributed by atoms with Crippen molar-refractivity contribution in [1.29, 1.82) is 5.41 Å². The lowest BCUT2D eigenvalue weighted by Gasteiger charge is -2.19. The van der Waals surface area contributed by atoms with Gasteiger partial charge in [0.15, 0.2) is 0 Å². The minimum Gasteiger partial charge on any atom is -0.492 e. The molecule has 0 spiro atoms. The number of aryl methyl sites for hydroxylation is 1. The summed E-state index contributed by atoms with van der Waals surface area (Å²) in [5.74, 6) is -3.83. The molecule has 1 aromatic rings. The first-order chi connectivity index (χ1) is 8.21. The minimum atomic E-state index is -4.66. The normalized spacial score (nSPS) is 13.2.